The van der Waals surface area contributed by atoms with Gasteiger partial charge in [0.05, 0.1) is 12.9 Å². The maximum absolute atomic E-state index is 12.0. The molecule has 3 rings (SSSR count). The lowest BCUT2D eigenvalue weighted by molar-refractivity contribution is 0.0988. The van der Waals surface area contributed by atoms with Crippen LogP contribution in [0.4, 0.5) is 0 Å². The van der Waals surface area contributed by atoms with Crippen LogP contribution < -0.4 is 5.32 Å². The SMILES string of the molecule is O=C(CNC[C@H]1CC[C@H](n2ccnc2)CC1)c1ccccc1. The molecule has 0 amide bonds. The summed E-state index contributed by atoms with van der Waals surface area (Å²) in [4.78, 5) is 16.1. The third-order valence-electron chi connectivity index (χ3n) is 4.58. The third kappa shape index (κ3) is 3.83. The first kappa shape index (κ1) is 15.0. The Morgan fingerprint density at radius 2 is 1.95 bits per heavy atom. The molecule has 4 nitrogen and oxygen atoms in total. The highest BCUT2D eigenvalue weighted by molar-refractivity contribution is 5.97. The number of carbonyl (C=O) groups excluding carboxylic acids is 1. The van der Waals surface area contributed by atoms with Crippen molar-refractivity contribution in [2.75, 3.05) is 13.1 Å². The van der Waals surface area contributed by atoms with Gasteiger partial charge in [0.15, 0.2) is 5.78 Å². The Labute approximate surface area is 131 Å². The van der Waals surface area contributed by atoms with E-state index in [1.54, 1.807) is 0 Å². The summed E-state index contributed by atoms with van der Waals surface area (Å²) < 4.78 is 2.22. The van der Waals surface area contributed by atoms with Gasteiger partial charge in [-0.3, -0.25) is 4.79 Å². The summed E-state index contributed by atoms with van der Waals surface area (Å²) in [6.45, 7) is 1.38. The number of hydrogen-bond donors (Lipinski definition) is 1. The summed E-state index contributed by atoms with van der Waals surface area (Å²) >= 11 is 0. The zero-order valence-electron chi connectivity index (χ0n) is 12.8. The third-order valence-corrected chi connectivity index (χ3v) is 4.58. The summed E-state index contributed by atoms with van der Waals surface area (Å²) in [7, 11) is 0. The number of imidazole rings is 1. The quantitative estimate of drug-likeness (QED) is 0.834. The molecule has 0 saturated heterocycles. The standard InChI is InChI=1S/C18H23N3O/c22-18(16-4-2-1-3-5-16)13-20-12-15-6-8-17(9-7-15)21-11-10-19-14-21/h1-5,10-11,14-15,17,20H,6-9,12-13H2/t15-,17-. The van der Waals surface area contributed by atoms with Crippen LogP contribution in [0.25, 0.3) is 0 Å². The lowest BCUT2D eigenvalue weighted by Crippen LogP contribution is -2.30. The number of hydrogen-bond acceptors (Lipinski definition) is 3. The van der Waals surface area contributed by atoms with Crippen molar-refractivity contribution in [3.05, 3.63) is 54.6 Å². The molecule has 1 aromatic carbocycles. The second-order valence-corrected chi connectivity index (χ2v) is 6.10. The van der Waals surface area contributed by atoms with Gasteiger partial charge in [0.1, 0.15) is 0 Å². The highest BCUT2D eigenvalue weighted by Crippen LogP contribution is 2.31. The number of carbonyl (C=O) groups is 1. The topological polar surface area (TPSA) is 46.9 Å². The molecule has 22 heavy (non-hydrogen) atoms. The van der Waals surface area contributed by atoms with Gasteiger partial charge in [0.25, 0.3) is 0 Å². The van der Waals surface area contributed by atoms with Gasteiger partial charge >= 0.3 is 0 Å². The molecule has 2 aromatic rings. The average Bonchev–Trinajstić information content (AvgIpc) is 3.11. The molecule has 1 fully saturated rings. The van der Waals surface area contributed by atoms with Crippen molar-refractivity contribution in [2.24, 2.45) is 5.92 Å². The van der Waals surface area contributed by atoms with E-state index in [9.17, 15) is 4.79 Å². The van der Waals surface area contributed by atoms with Crippen molar-refractivity contribution >= 4 is 5.78 Å². The second-order valence-electron chi connectivity index (χ2n) is 6.10. The number of ketones is 1. The molecule has 1 N–H and O–H groups in total. The summed E-state index contributed by atoms with van der Waals surface area (Å²) in [5.41, 5.74) is 0.791. The Bertz CT molecular complexity index is 572. The van der Waals surface area contributed by atoms with Crippen molar-refractivity contribution in [1.82, 2.24) is 14.9 Å². The van der Waals surface area contributed by atoms with Crippen LogP contribution in [-0.2, 0) is 0 Å². The van der Waals surface area contributed by atoms with Crippen LogP contribution in [0.2, 0.25) is 0 Å². The van der Waals surface area contributed by atoms with Crippen LogP contribution in [0, 0.1) is 5.92 Å². The molecule has 0 atom stereocenters. The number of aromatic nitrogens is 2. The first-order valence-electron chi connectivity index (χ1n) is 8.09. The van der Waals surface area contributed by atoms with Gasteiger partial charge in [-0.05, 0) is 38.1 Å². The van der Waals surface area contributed by atoms with E-state index in [0.717, 1.165) is 12.1 Å². The van der Waals surface area contributed by atoms with Gasteiger partial charge in [0.2, 0.25) is 0 Å². The van der Waals surface area contributed by atoms with Gasteiger partial charge < -0.3 is 9.88 Å². The molecule has 0 bridgehead atoms. The molecular weight excluding hydrogens is 274 g/mol. The molecule has 1 aliphatic carbocycles. The Balaban J connectivity index is 1.38. The Kier molecular flexibility index (Phi) is 5.01. The Morgan fingerprint density at radius 3 is 2.64 bits per heavy atom. The molecule has 1 aromatic heterocycles. The Morgan fingerprint density at radius 1 is 1.18 bits per heavy atom. The van der Waals surface area contributed by atoms with Crippen LogP contribution in [-0.4, -0.2) is 28.4 Å². The van der Waals surface area contributed by atoms with Gasteiger partial charge in [-0.1, -0.05) is 30.3 Å². The van der Waals surface area contributed by atoms with Gasteiger partial charge in [-0.15, -0.1) is 0 Å². The van der Waals surface area contributed by atoms with Crippen LogP contribution in [0.3, 0.4) is 0 Å². The largest absolute Gasteiger partial charge is 0.334 e. The normalized spacial score (nSPS) is 21.6. The van der Waals surface area contributed by atoms with Crippen molar-refractivity contribution < 1.29 is 4.79 Å². The fourth-order valence-corrected chi connectivity index (χ4v) is 3.25. The van der Waals surface area contributed by atoms with Crippen molar-refractivity contribution in [3.63, 3.8) is 0 Å². The monoisotopic (exact) mass is 297 g/mol. The van der Waals surface area contributed by atoms with Crippen LogP contribution >= 0.6 is 0 Å². The van der Waals surface area contributed by atoms with E-state index >= 15 is 0 Å². The highest BCUT2D eigenvalue weighted by Gasteiger charge is 2.21. The minimum atomic E-state index is 0.174. The van der Waals surface area contributed by atoms with Crippen molar-refractivity contribution in [1.29, 1.82) is 0 Å². The van der Waals surface area contributed by atoms with E-state index in [2.05, 4.69) is 21.1 Å². The van der Waals surface area contributed by atoms with E-state index < -0.39 is 0 Å². The lowest BCUT2D eigenvalue weighted by atomic mass is 9.86. The minimum absolute atomic E-state index is 0.174. The van der Waals surface area contributed by atoms with Gasteiger partial charge in [-0.2, -0.15) is 0 Å². The van der Waals surface area contributed by atoms with Gasteiger partial charge in [-0.25, -0.2) is 4.98 Å². The summed E-state index contributed by atoms with van der Waals surface area (Å²) in [5.74, 6) is 0.857. The number of nitrogens with one attached hydrogen (secondary N) is 1. The molecule has 0 spiro atoms. The van der Waals surface area contributed by atoms with Crippen molar-refractivity contribution in [3.8, 4) is 0 Å². The number of nitrogens with zero attached hydrogens (tertiary/aromatic N) is 2. The maximum Gasteiger partial charge on any atom is 0.176 e. The van der Waals surface area contributed by atoms with Gasteiger partial charge in [0, 0.05) is 24.0 Å². The number of Topliss-reactive ketones (excluding diaryl/α,β-unsaturated/α-hetero) is 1. The van der Waals surface area contributed by atoms with Crippen LogP contribution in [0.1, 0.15) is 42.1 Å². The van der Waals surface area contributed by atoms with Crippen LogP contribution in [0.5, 0.6) is 0 Å². The van der Waals surface area contributed by atoms with E-state index in [1.807, 2.05) is 42.9 Å². The summed E-state index contributed by atoms with van der Waals surface area (Å²) in [5, 5.41) is 3.33. The highest BCUT2D eigenvalue weighted by atomic mass is 16.1. The fourth-order valence-electron chi connectivity index (χ4n) is 3.25. The fraction of sp³-hybridized carbons (Fsp3) is 0.444. The van der Waals surface area contributed by atoms with Crippen LogP contribution in [0.15, 0.2) is 49.1 Å². The molecule has 4 heteroatoms. The Hall–Kier alpha value is -1.94. The summed E-state index contributed by atoms with van der Waals surface area (Å²) in [6, 6.07) is 10.1. The molecule has 1 aliphatic rings. The number of rotatable bonds is 6. The van der Waals surface area contributed by atoms with E-state index in [4.69, 9.17) is 0 Å². The van der Waals surface area contributed by atoms with Crippen molar-refractivity contribution in [2.45, 2.75) is 31.7 Å². The smallest absolute Gasteiger partial charge is 0.176 e. The van der Waals surface area contributed by atoms with E-state index in [-0.39, 0.29) is 5.78 Å². The molecule has 0 unspecified atom stereocenters. The molecule has 1 saturated carbocycles. The zero-order valence-corrected chi connectivity index (χ0v) is 12.8. The second kappa shape index (κ2) is 7.36. The maximum atomic E-state index is 12.0. The first-order chi connectivity index (χ1) is 10.8. The predicted molar refractivity (Wildman–Crippen MR) is 86.9 cm³/mol. The number of benzene rings is 1. The molecule has 116 valence electrons. The average molecular weight is 297 g/mol. The molecule has 1 heterocycles. The predicted octanol–water partition coefficient (Wildman–Crippen LogP) is 3.09. The van der Waals surface area contributed by atoms with E-state index in [0.29, 0.717) is 18.5 Å². The molecule has 0 aliphatic heterocycles. The summed E-state index contributed by atoms with van der Waals surface area (Å²) in [6.07, 6.45) is 10.7. The zero-order chi connectivity index (χ0) is 15.2. The molecule has 0 radical (unpaired) electrons. The minimum Gasteiger partial charge on any atom is -0.334 e. The first-order valence-corrected chi connectivity index (χ1v) is 8.09. The van der Waals surface area contributed by atoms with E-state index in [1.165, 1.54) is 25.7 Å². The molecular formula is C18H23N3O. The lowest BCUT2D eigenvalue weighted by Gasteiger charge is -2.29.